The van der Waals surface area contributed by atoms with Gasteiger partial charge in [-0.05, 0) is 73.1 Å². The van der Waals surface area contributed by atoms with Gasteiger partial charge in [0, 0.05) is 37.3 Å². The van der Waals surface area contributed by atoms with Crippen LogP contribution in [0.15, 0.2) is 36.4 Å². The lowest BCUT2D eigenvalue weighted by molar-refractivity contribution is 0.0712. The third-order valence-electron chi connectivity index (χ3n) is 7.41. The molecule has 0 spiro atoms. The van der Waals surface area contributed by atoms with Gasteiger partial charge in [0.25, 0.3) is 5.91 Å². The van der Waals surface area contributed by atoms with Crippen LogP contribution in [0.4, 0.5) is 5.95 Å². The van der Waals surface area contributed by atoms with Crippen molar-refractivity contribution < 1.29 is 9.53 Å². The summed E-state index contributed by atoms with van der Waals surface area (Å²) < 4.78 is 5.44. The molecule has 2 fully saturated rings. The van der Waals surface area contributed by atoms with Crippen LogP contribution in [0.1, 0.15) is 58.3 Å². The van der Waals surface area contributed by atoms with Gasteiger partial charge in [-0.2, -0.15) is 5.26 Å². The van der Waals surface area contributed by atoms with E-state index in [-0.39, 0.29) is 5.91 Å². The molecule has 0 saturated carbocycles. The molecule has 0 unspecified atom stereocenters. The molecule has 3 aromatic rings. The van der Waals surface area contributed by atoms with Crippen molar-refractivity contribution in [3.05, 3.63) is 64.2 Å². The molecular formula is C28H32N6O2. The highest BCUT2D eigenvalue weighted by atomic mass is 16.5. The normalized spacial score (nSPS) is 16.7. The summed E-state index contributed by atoms with van der Waals surface area (Å²) >= 11 is 0. The number of H-pyrrole nitrogens is 1. The van der Waals surface area contributed by atoms with Crippen LogP contribution in [-0.2, 0) is 11.2 Å². The van der Waals surface area contributed by atoms with Crippen LogP contribution in [0.25, 0.3) is 11.4 Å². The van der Waals surface area contributed by atoms with Crippen LogP contribution in [-0.4, -0.2) is 65.4 Å². The fourth-order valence-corrected chi connectivity index (χ4v) is 5.33. The number of aryl methyl sites for hydroxylation is 1. The largest absolute Gasteiger partial charge is 0.378 e. The summed E-state index contributed by atoms with van der Waals surface area (Å²) in [7, 11) is 0. The van der Waals surface area contributed by atoms with Crippen molar-refractivity contribution in [3.8, 4) is 17.5 Å². The summed E-state index contributed by atoms with van der Waals surface area (Å²) in [6, 6.07) is 14.1. The van der Waals surface area contributed by atoms with Crippen molar-refractivity contribution in [1.82, 2.24) is 20.1 Å². The number of aromatic nitrogens is 3. The zero-order valence-corrected chi connectivity index (χ0v) is 21.0. The molecule has 0 aliphatic carbocycles. The number of anilines is 1. The van der Waals surface area contributed by atoms with E-state index >= 15 is 0 Å². The lowest BCUT2D eigenvalue weighted by Gasteiger charge is -2.33. The first kappa shape index (κ1) is 24.0. The van der Waals surface area contributed by atoms with Crippen molar-refractivity contribution in [3.63, 3.8) is 0 Å². The number of carbonyl (C=O) groups excluding carboxylic acids is 1. The number of nitrogens with zero attached hydrogens (tertiary/aromatic N) is 5. The topological polar surface area (TPSA) is 98.1 Å². The van der Waals surface area contributed by atoms with Crippen molar-refractivity contribution in [2.75, 3.05) is 44.3 Å². The summed E-state index contributed by atoms with van der Waals surface area (Å²) in [5, 5.41) is 17.8. The fraction of sp³-hybridized carbons (Fsp3) is 0.429. The van der Waals surface area contributed by atoms with Gasteiger partial charge < -0.3 is 19.5 Å². The van der Waals surface area contributed by atoms with E-state index < -0.39 is 0 Å². The van der Waals surface area contributed by atoms with E-state index in [0.29, 0.717) is 30.5 Å². The number of aromatic amines is 1. The van der Waals surface area contributed by atoms with E-state index in [1.54, 1.807) is 0 Å². The SMILES string of the molecule is CCc1c(C)cc(-c2nnc(N3CCOCC3)[nH]2)cc1C(=O)N1CCC(c2ccc(C#N)cc2)CC1. The fourth-order valence-electron chi connectivity index (χ4n) is 5.33. The average molecular weight is 485 g/mol. The molecule has 2 aromatic carbocycles. The van der Waals surface area contributed by atoms with E-state index in [9.17, 15) is 4.79 Å². The van der Waals surface area contributed by atoms with E-state index in [1.807, 2.05) is 35.2 Å². The van der Waals surface area contributed by atoms with E-state index in [1.165, 1.54) is 5.56 Å². The molecule has 2 saturated heterocycles. The molecule has 5 rings (SSSR count). The van der Waals surface area contributed by atoms with Crippen molar-refractivity contribution >= 4 is 11.9 Å². The third-order valence-corrected chi connectivity index (χ3v) is 7.41. The number of benzene rings is 2. The van der Waals surface area contributed by atoms with Gasteiger partial charge in [0.15, 0.2) is 5.82 Å². The Morgan fingerprint density at radius 3 is 2.50 bits per heavy atom. The van der Waals surface area contributed by atoms with Crippen molar-refractivity contribution in [2.45, 2.75) is 39.0 Å². The Kier molecular flexibility index (Phi) is 7.01. The molecule has 0 atom stereocenters. The van der Waals surface area contributed by atoms with Crippen LogP contribution in [0, 0.1) is 18.3 Å². The minimum absolute atomic E-state index is 0.0861. The molecule has 0 bridgehead atoms. The van der Waals surface area contributed by atoms with Crippen LogP contribution < -0.4 is 4.90 Å². The van der Waals surface area contributed by atoms with Gasteiger partial charge in [0.05, 0.1) is 24.8 Å². The Bertz CT molecular complexity index is 1260. The number of morpholine rings is 1. The molecule has 2 aliphatic heterocycles. The molecule has 1 aromatic heterocycles. The Morgan fingerprint density at radius 2 is 1.83 bits per heavy atom. The number of hydrogen-bond acceptors (Lipinski definition) is 6. The predicted molar refractivity (Wildman–Crippen MR) is 138 cm³/mol. The minimum atomic E-state index is 0.0861. The van der Waals surface area contributed by atoms with E-state index in [0.717, 1.165) is 73.6 Å². The molecular weight excluding hydrogens is 452 g/mol. The standard InChI is InChI=1S/C28H32N6O2/c1-3-24-19(2)16-23(26-30-28(32-31-26)34-12-14-36-15-13-34)17-25(24)27(35)33-10-8-22(9-11-33)21-6-4-20(18-29)5-7-21/h4-7,16-17,22H,3,8-15H2,1-2H3,(H,30,31,32). The van der Waals surface area contributed by atoms with E-state index in [2.05, 4.69) is 46.1 Å². The lowest BCUT2D eigenvalue weighted by atomic mass is 9.88. The number of hydrogen-bond donors (Lipinski definition) is 1. The number of carbonyl (C=O) groups is 1. The molecule has 3 heterocycles. The third kappa shape index (κ3) is 4.84. The second-order valence-corrected chi connectivity index (χ2v) is 9.57. The maximum absolute atomic E-state index is 13.7. The van der Waals surface area contributed by atoms with Gasteiger partial charge in [0.2, 0.25) is 5.95 Å². The molecule has 8 heteroatoms. The second-order valence-electron chi connectivity index (χ2n) is 9.57. The summed E-state index contributed by atoms with van der Waals surface area (Å²) in [5.41, 5.74) is 5.74. The first-order chi connectivity index (χ1) is 17.6. The maximum Gasteiger partial charge on any atom is 0.254 e. The maximum atomic E-state index is 13.7. The number of rotatable bonds is 5. The molecule has 0 radical (unpaired) electrons. The first-order valence-electron chi connectivity index (χ1n) is 12.8. The predicted octanol–water partition coefficient (Wildman–Crippen LogP) is 4.07. The van der Waals surface area contributed by atoms with Gasteiger partial charge in [-0.1, -0.05) is 19.1 Å². The molecule has 2 aliphatic rings. The van der Waals surface area contributed by atoms with Crippen LogP contribution >= 0.6 is 0 Å². The number of likely N-dealkylation sites (tertiary alicyclic amines) is 1. The zero-order chi connectivity index (χ0) is 25.1. The quantitative estimate of drug-likeness (QED) is 0.586. The Hall–Kier alpha value is -3.70. The Labute approximate surface area is 211 Å². The van der Waals surface area contributed by atoms with Crippen LogP contribution in [0.2, 0.25) is 0 Å². The molecule has 1 amide bonds. The van der Waals surface area contributed by atoms with Gasteiger partial charge in [0.1, 0.15) is 0 Å². The lowest BCUT2D eigenvalue weighted by Crippen LogP contribution is -2.38. The monoisotopic (exact) mass is 484 g/mol. The molecule has 1 N–H and O–H groups in total. The van der Waals surface area contributed by atoms with Crippen LogP contribution in [0.3, 0.4) is 0 Å². The van der Waals surface area contributed by atoms with Gasteiger partial charge >= 0.3 is 0 Å². The number of nitrogens with one attached hydrogen (secondary N) is 1. The van der Waals surface area contributed by atoms with Gasteiger partial charge in [-0.25, -0.2) is 0 Å². The summed E-state index contributed by atoms with van der Waals surface area (Å²) in [5.74, 6) is 1.91. The summed E-state index contributed by atoms with van der Waals surface area (Å²) in [6.07, 6.45) is 2.63. The molecule has 36 heavy (non-hydrogen) atoms. The molecule has 186 valence electrons. The van der Waals surface area contributed by atoms with Crippen molar-refractivity contribution in [2.24, 2.45) is 0 Å². The first-order valence-corrected chi connectivity index (χ1v) is 12.8. The van der Waals surface area contributed by atoms with Crippen LogP contribution in [0.5, 0.6) is 0 Å². The van der Waals surface area contributed by atoms with Crippen molar-refractivity contribution in [1.29, 1.82) is 5.26 Å². The number of amides is 1. The summed E-state index contributed by atoms with van der Waals surface area (Å²) in [4.78, 5) is 21.2. The number of piperidine rings is 1. The molecule has 8 nitrogen and oxygen atoms in total. The summed E-state index contributed by atoms with van der Waals surface area (Å²) in [6.45, 7) is 8.53. The number of nitriles is 1. The number of ether oxygens (including phenoxy) is 1. The zero-order valence-electron chi connectivity index (χ0n) is 21.0. The highest BCUT2D eigenvalue weighted by Gasteiger charge is 2.27. The van der Waals surface area contributed by atoms with Gasteiger partial charge in [-0.3, -0.25) is 4.79 Å². The average Bonchev–Trinajstić information content (AvgIpc) is 3.43. The Morgan fingerprint density at radius 1 is 1.11 bits per heavy atom. The highest BCUT2D eigenvalue weighted by Crippen LogP contribution is 2.31. The van der Waals surface area contributed by atoms with E-state index in [4.69, 9.17) is 10.00 Å². The minimum Gasteiger partial charge on any atom is -0.378 e. The Balaban J connectivity index is 1.34. The smallest absolute Gasteiger partial charge is 0.254 e. The highest BCUT2D eigenvalue weighted by molar-refractivity contribution is 5.97. The second kappa shape index (κ2) is 10.5. The van der Waals surface area contributed by atoms with Gasteiger partial charge in [-0.15, -0.1) is 10.2 Å².